The topological polar surface area (TPSA) is 56.1 Å². The van der Waals surface area contributed by atoms with Crippen molar-refractivity contribution in [1.29, 1.82) is 0 Å². The van der Waals surface area contributed by atoms with Crippen molar-refractivity contribution in [2.24, 2.45) is 0 Å². The lowest BCUT2D eigenvalue weighted by Gasteiger charge is -2.21. The van der Waals surface area contributed by atoms with Crippen LogP contribution in [0.4, 0.5) is 5.82 Å². The van der Waals surface area contributed by atoms with E-state index in [4.69, 9.17) is 4.74 Å². The van der Waals surface area contributed by atoms with Gasteiger partial charge in [-0.05, 0) is 30.5 Å². The molecule has 0 aliphatic heterocycles. The lowest BCUT2D eigenvalue weighted by molar-refractivity contribution is -0.123. The Hall–Kier alpha value is -1.66. The highest BCUT2D eigenvalue weighted by Gasteiger charge is 2.16. The van der Waals surface area contributed by atoms with Crippen molar-refractivity contribution in [2.45, 2.75) is 44.8 Å². The van der Waals surface area contributed by atoms with Crippen LogP contribution in [-0.4, -0.2) is 28.4 Å². The summed E-state index contributed by atoms with van der Waals surface area (Å²) < 4.78 is 8.54. The van der Waals surface area contributed by atoms with Crippen LogP contribution in [0.1, 0.15) is 37.7 Å². The number of nitrogens with zero attached hydrogens (tertiary/aromatic N) is 2. The third-order valence-corrected chi connectivity index (χ3v) is 4.76. The second kappa shape index (κ2) is 8.44. The first-order chi connectivity index (χ1) is 11.7. The maximum atomic E-state index is 12.1. The fourth-order valence-electron chi connectivity index (χ4n) is 2.93. The van der Waals surface area contributed by atoms with Gasteiger partial charge in [0.25, 0.3) is 5.91 Å². The summed E-state index contributed by atoms with van der Waals surface area (Å²) in [5.41, 5.74) is 1.12. The van der Waals surface area contributed by atoms with Gasteiger partial charge in [0.15, 0.2) is 0 Å². The number of hydrogen-bond donors (Lipinski definition) is 1. The molecular weight excluding hydrogens is 370 g/mol. The molecule has 128 valence electrons. The molecule has 3 rings (SSSR count). The van der Waals surface area contributed by atoms with Crippen LogP contribution in [-0.2, 0) is 16.1 Å². The van der Waals surface area contributed by atoms with Crippen LogP contribution in [0.15, 0.2) is 41.0 Å². The van der Waals surface area contributed by atoms with Gasteiger partial charge in [-0.25, -0.2) is 4.68 Å². The molecule has 1 aromatic carbocycles. The summed E-state index contributed by atoms with van der Waals surface area (Å²) in [6.45, 7) is 0.716. The summed E-state index contributed by atoms with van der Waals surface area (Å²) in [4.78, 5) is 12.1. The van der Waals surface area contributed by atoms with E-state index < -0.39 is 0 Å². The predicted octanol–water partition coefficient (Wildman–Crippen LogP) is 3.98. The zero-order valence-corrected chi connectivity index (χ0v) is 15.2. The van der Waals surface area contributed by atoms with E-state index in [1.807, 2.05) is 24.3 Å². The van der Waals surface area contributed by atoms with Gasteiger partial charge in [0.1, 0.15) is 12.4 Å². The molecular formula is C18H22BrN3O2. The maximum absolute atomic E-state index is 12.1. The molecule has 1 N–H and O–H groups in total. The van der Waals surface area contributed by atoms with E-state index in [1.165, 1.54) is 19.3 Å². The number of carbonyl (C=O) groups excluding carboxylic acids is 1. The third kappa shape index (κ3) is 4.92. The highest BCUT2D eigenvalue weighted by Crippen LogP contribution is 2.20. The predicted molar refractivity (Wildman–Crippen MR) is 96.9 cm³/mol. The Bertz CT molecular complexity index is 663. The van der Waals surface area contributed by atoms with E-state index in [2.05, 4.69) is 26.3 Å². The Balaban J connectivity index is 1.52. The number of nitrogens with one attached hydrogen (secondary N) is 1. The summed E-state index contributed by atoms with van der Waals surface area (Å²) in [6, 6.07) is 9.86. The minimum atomic E-state index is -0.127. The molecule has 0 saturated heterocycles. The number of rotatable bonds is 6. The van der Waals surface area contributed by atoms with Crippen molar-refractivity contribution in [3.63, 3.8) is 0 Å². The Labute approximate surface area is 150 Å². The molecule has 0 bridgehead atoms. The molecule has 0 unspecified atom stereocenters. The number of amides is 1. The van der Waals surface area contributed by atoms with Crippen molar-refractivity contribution in [3.8, 4) is 0 Å². The molecule has 24 heavy (non-hydrogen) atoms. The number of halogens is 1. The van der Waals surface area contributed by atoms with Crippen LogP contribution in [0.5, 0.6) is 0 Å². The number of anilines is 1. The molecule has 0 atom stereocenters. The second-order valence-corrected chi connectivity index (χ2v) is 7.04. The highest BCUT2D eigenvalue weighted by molar-refractivity contribution is 9.10. The lowest BCUT2D eigenvalue weighted by Crippen LogP contribution is -2.25. The minimum absolute atomic E-state index is 0.105. The number of benzene rings is 1. The van der Waals surface area contributed by atoms with Gasteiger partial charge in [-0.1, -0.05) is 47.3 Å². The van der Waals surface area contributed by atoms with Crippen LogP contribution in [0, 0.1) is 0 Å². The summed E-state index contributed by atoms with van der Waals surface area (Å²) in [5.74, 6) is 0.563. The summed E-state index contributed by atoms with van der Waals surface area (Å²) in [7, 11) is 0. The normalized spacial score (nSPS) is 15.4. The Kier molecular flexibility index (Phi) is 6.04. The quantitative estimate of drug-likeness (QED) is 0.809. The largest absolute Gasteiger partial charge is 0.368 e. The zero-order valence-electron chi connectivity index (χ0n) is 13.6. The van der Waals surface area contributed by atoms with Crippen LogP contribution < -0.4 is 5.32 Å². The first-order valence-corrected chi connectivity index (χ1v) is 9.18. The molecule has 1 aliphatic rings. The van der Waals surface area contributed by atoms with Gasteiger partial charge in [0.2, 0.25) is 0 Å². The molecule has 1 saturated carbocycles. The van der Waals surface area contributed by atoms with E-state index in [0.717, 1.165) is 22.9 Å². The van der Waals surface area contributed by atoms with E-state index >= 15 is 0 Å². The molecule has 1 aromatic heterocycles. The first kappa shape index (κ1) is 17.2. The average Bonchev–Trinajstić information content (AvgIpc) is 3.03. The van der Waals surface area contributed by atoms with E-state index in [1.54, 1.807) is 16.9 Å². The minimum Gasteiger partial charge on any atom is -0.368 e. The Morgan fingerprint density at radius 2 is 1.96 bits per heavy atom. The van der Waals surface area contributed by atoms with Crippen molar-refractivity contribution >= 4 is 27.7 Å². The van der Waals surface area contributed by atoms with E-state index in [9.17, 15) is 4.79 Å². The molecule has 2 aromatic rings. The maximum Gasteiger partial charge on any atom is 0.251 e. The Morgan fingerprint density at radius 1 is 1.21 bits per heavy atom. The van der Waals surface area contributed by atoms with Crippen molar-refractivity contribution in [2.75, 3.05) is 11.9 Å². The lowest BCUT2D eigenvalue weighted by atomic mass is 9.98. The van der Waals surface area contributed by atoms with Crippen molar-refractivity contribution in [1.82, 2.24) is 9.78 Å². The van der Waals surface area contributed by atoms with Gasteiger partial charge < -0.3 is 10.1 Å². The van der Waals surface area contributed by atoms with Crippen LogP contribution >= 0.6 is 15.9 Å². The zero-order chi connectivity index (χ0) is 16.8. The van der Waals surface area contributed by atoms with Gasteiger partial charge in [0, 0.05) is 10.5 Å². The van der Waals surface area contributed by atoms with Gasteiger partial charge in [0.05, 0.1) is 18.8 Å². The molecule has 1 aliphatic carbocycles. The average molecular weight is 392 g/mol. The molecule has 1 heterocycles. The van der Waals surface area contributed by atoms with E-state index in [0.29, 0.717) is 12.4 Å². The fourth-order valence-corrected chi connectivity index (χ4v) is 3.20. The van der Waals surface area contributed by atoms with Crippen LogP contribution in [0.2, 0.25) is 0 Å². The van der Waals surface area contributed by atoms with Gasteiger partial charge in [-0.2, -0.15) is 5.10 Å². The van der Waals surface area contributed by atoms with Crippen molar-refractivity contribution in [3.05, 3.63) is 46.6 Å². The monoisotopic (exact) mass is 391 g/mol. The van der Waals surface area contributed by atoms with Crippen LogP contribution in [0.25, 0.3) is 0 Å². The van der Waals surface area contributed by atoms with Crippen LogP contribution in [0.3, 0.4) is 0 Å². The fraction of sp³-hybridized carbons (Fsp3) is 0.444. The molecule has 0 spiro atoms. The molecule has 1 amide bonds. The van der Waals surface area contributed by atoms with Gasteiger partial charge in [-0.15, -0.1) is 0 Å². The SMILES string of the molecule is O=C(COC1CCCCC1)Nc1ccnn1Cc1ccc(Br)cc1. The standard InChI is InChI=1S/C18H22BrN3O2/c19-15-8-6-14(7-9-15)12-22-17(10-11-20-22)21-18(23)13-24-16-4-2-1-3-5-16/h6-11,16H,1-5,12-13H2,(H,21,23). The molecule has 5 nitrogen and oxygen atoms in total. The van der Waals surface area contributed by atoms with Gasteiger partial charge in [-0.3, -0.25) is 4.79 Å². The summed E-state index contributed by atoms with van der Waals surface area (Å²) in [6.07, 6.45) is 7.73. The second-order valence-electron chi connectivity index (χ2n) is 6.12. The third-order valence-electron chi connectivity index (χ3n) is 4.23. The summed E-state index contributed by atoms with van der Waals surface area (Å²) >= 11 is 3.43. The highest BCUT2D eigenvalue weighted by atomic mass is 79.9. The Morgan fingerprint density at radius 3 is 2.71 bits per heavy atom. The number of ether oxygens (including phenoxy) is 1. The molecule has 6 heteroatoms. The smallest absolute Gasteiger partial charge is 0.251 e. The van der Waals surface area contributed by atoms with Gasteiger partial charge >= 0.3 is 0 Å². The number of aromatic nitrogens is 2. The summed E-state index contributed by atoms with van der Waals surface area (Å²) in [5, 5.41) is 7.18. The molecule has 1 fully saturated rings. The molecule has 0 radical (unpaired) electrons. The number of hydrogen-bond acceptors (Lipinski definition) is 3. The van der Waals surface area contributed by atoms with E-state index in [-0.39, 0.29) is 18.6 Å². The van der Waals surface area contributed by atoms with Crippen molar-refractivity contribution < 1.29 is 9.53 Å². The first-order valence-electron chi connectivity index (χ1n) is 8.38. The number of carbonyl (C=O) groups is 1.